The third-order valence-electron chi connectivity index (χ3n) is 4.79. The third kappa shape index (κ3) is 4.07. The Labute approximate surface area is 150 Å². The Balaban J connectivity index is 2.02. The molecule has 1 heteroatoms. The van der Waals surface area contributed by atoms with E-state index >= 15 is 0 Å². The first-order valence-electron chi connectivity index (χ1n) is 8.82. The molecule has 3 aromatic rings. The Kier molecular flexibility index (Phi) is 5.16. The molecule has 0 radical (unpaired) electrons. The maximum Gasteiger partial charge on any atom is 0.0378 e. The van der Waals surface area contributed by atoms with Crippen LogP contribution in [0.25, 0.3) is 11.6 Å². The van der Waals surface area contributed by atoms with Gasteiger partial charge < -0.3 is 5.73 Å². The molecule has 2 N–H and O–H groups in total. The van der Waals surface area contributed by atoms with E-state index in [-0.39, 0.29) is 5.54 Å². The van der Waals surface area contributed by atoms with Crippen LogP contribution in [0.4, 0.5) is 0 Å². The van der Waals surface area contributed by atoms with Crippen molar-refractivity contribution in [2.24, 2.45) is 5.73 Å². The maximum absolute atomic E-state index is 6.36. The van der Waals surface area contributed by atoms with Crippen molar-refractivity contribution in [3.05, 3.63) is 107 Å². The van der Waals surface area contributed by atoms with E-state index in [2.05, 4.69) is 92.7 Å². The standard InChI is InChI=1S/C24H25N/c1-3-24(2,25)22-16-14-19(15-17-22)18-23(20-10-6-4-7-11-20)21-12-8-5-9-13-21/h4-18H,3,25H2,1-2H3. The summed E-state index contributed by atoms with van der Waals surface area (Å²) in [7, 11) is 0. The van der Waals surface area contributed by atoms with Gasteiger partial charge in [0.1, 0.15) is 0 Å². The first-order valence-corrected chi connectivity index (χ1v) is 8.82. The van der Waals surface area contributed by atoms with E-state index in [1.807, 2.05) is 12.1 Å². The number of hydrogen-bond donors (Lipinski definition) is 1. The molecule has 0 saturated heterocycles. The second-order valence-corrected chi connectivity index (χ2v) is 6.68. The predicted molar refractivity (Wildman–Crippen MR) is 108 cm³/mol. The van der Waals surface area contributed by atoms with E-state index in [0.717, 1.165) is 6.42 Å². The monoisotopic (exact) mass is 327 g/mol. The summed E-state index contributed by atoms with van der Waals surface area (Å²) >= 11 is 0. The second kappa shape index (κ2) is 7.50. The van der Waals surface area contributed by atoms with Gasteiger partial charge in [-0.3, -0.25) is 0 Å². The lowest BCUT2D eigenvalue weighted by molar-refractivity contribution is 0.476. The highest BCUT2D eigenvalue weighted by atomic mass is 14.7. The van der Waals surface area contributed by atoms with Crippen LogP contribution in [0.1, 0.15) is 42.5 Å². The molecule has 1 nitrogen and oxygen atoms in total. The van der Waals surface area contributed by atoms with Crippen molar-refractivity contribution in [1.82, 2.24) is 0 Å². The molecule has 1 atom stereocenters. The molecule has 25 heavy (non-hydrogen) atoms. The molecule has 3 aromatic carbocycles. The lowest BCUT2D eigenvalue weighted by Crippen LogP contribution is -2.31. The maximum atomic E-state index is 6.36. The lowest BCUT2D eigenvalue weighted by Gasteiger charge is -2.23. The largest absolute Gasteiger partial charge is 0.322 e. The van der Waals surface area contributed by atoms with E-state index < -0.39 is 0 Å². The average molecular weight is 327 g/mol. The zero-order valence-corrected chi connectivity index (χ0v) is 14.9. The van der Waals surface area contributed by atoms with Crippen LogP contribution in [0.2, 0.25) is 0 Å². The summed E-state index contributed by atoms with van der Waals surface area (Å²) in [5.41, 5.74) is 12.1. The van der Waals surface area contributed by atoms with Crippen molar-refractivity contribution < 1.29 is 0 Å². The fourth-order valence-corrected chi connectivity index (χ4v) is 2.90. The zero-order valence-electron chi connectivity index (χ0n) is 14.9. The normalized spacial score (nSPS) is 13.1. The molecule has 3 rings (SSSR count). The van der Waals surface area contributed by atoms with Gasteiger partial charge in [0.15, 0.2) is 0 Å². The first-order chi connectivity index (χ1) is 12.1. The van der Waals surface area contributed by atoms with Crippen molar-refractivity contribution >= 4 is 11.6 Å². The molecule has 0 amide bonds. The summed E-state index contributed by atoms with van der Waals surface area (Å²) in [5, 5.41) is 0. The first kappa shape index (κ1) is 17.2. The van der Waals surface area contributed by atoms with Crippen LogP contribution in [-0.2, 0) is 5.54 Å². The van der Waals surface area contributed by atoms with Crippen molar-refractivity contribution in [2.75, 3.05) is 0 Å². The van der Waals surface area contributed by atoms with Crippen LogP contribution in [0.5, 0.6) is 0 Å². The van der Waals surface area contributed by atoms with E-state index in [1.54, 1.807) is 0 Å². The van der Waals surface area contributed by atoms with E-state index in [4.69, 9.17) is 5.73 Å². The Morgan fingerprint density at radius 2 is 1.28 bits per heavy atom. The average Bonchev–Trinajstić information content (AvgIpc) is 2.68. The number of benzene rings is 3. The summed E-state index contributed by atoms with van der Waals surface area (Å²) in [6, 6.07) is 29.6. The number of rotatable bonds is 5. The third-order valence-corrected chi connectivity index (χ3v) is 4.79. The van der Waals surface area contributed by atoms with Gasteiger partial charge in [-0.05, 0) is 47.2 Å². The summed E-state index contributed by atoms with van der Waals surface area (Å²) in [6.45, 7) is 4.20. The van der Waals surface area contributed by atoms with Crippen LogP contribution in [0.3, 0.4) is 0 Å². The van der Waals surface area contributed by atoms with E-state index in [1.165, 1.54) is 27.8 Å². The van der Waals surface area contributed by atoms with Crippen LogP contribution in [-0.4, -0.2) is 0 Å². The van der Waals surface area contributed by atoms with Gasteiger partial charge in [0.05, 0.1) is 0 Å². The SMILES string of the molecule is CCC(C)(N)c1ccc(C=C(c2ccccc2)c2ccccc2)cc1. The Bertz CT molecular complexity index is 787. The second-order valence-electron chi connectivity index (χ2n) is 6.68. The van der Waals surface area contributed by atoms with Gasteiger partial charge in [0, 0.05) is 5.54 Å². The van der Waals surface area contributed by atoms with Crippen molar-refractivity contribution in [3.8, 4) is 0 Å². The molecular weight excluding hydrogens is 302 g/mol. The quantitative estimate of drug-likeness (QED) is 0.584. The van der Waals surface area contributed by atoms with Gasteiger partial charge in [0.2, 0.25) is 0 Å². The predicted octanol–water partition coefficient (Wildman–Crippen LogP) is 5.86. The van der Waals surface area contributed by atoms with Crippen molar-refractivity contribution in [2.45, 2.75) is 25.8 Å². The summed E-state index contributed by atoms with van der Waals surface area (Å²) in [6.07, 6.45) is 3.16. The van der Waals surface area contributed by atoms with E-state index in [9.17, 15) is 0 Å². The van der Waals surface area contributed by atoms with Gasteiger partial charge in [-0.25, -0.2) is 0 Å². The molecular formula is C24H25N. The Morgan fingerprint density at radius 1 is 0.800 bits per heavy atom. The summed E-state index contributed by atoms with van der Waals surface area (Å²) < 4.78 is 0. The summed E-state index contributed by atoms with van der Waals surface area (Å²) in [4.78, 5) is 0. The van der Waals surface area contributed by atoms with Crippen LogP contribution in [0.15, 0.2) is 84.9 Å². The van der Waals surface area contributed by atoms with Gasteiger partial charge in [-0.15, -0.1) is 0 Å². The molecule has 0 heterocycles. The minimum atomic E-state index is -0.274. The number of nitrogens with two attached hydrogens (primary N) is 1. The molecule has 0 aliphatic heterocycles. The highest BCUT2D eigenvalue weighted by molar-refractivity contribution is 5.91. The highest BCUT2D eigenvalue weighted by Gasteiger charge is 2.17. The van der Waals surface area contributed by atoms with Gasteiger partial charge in [-0.2, -0.15) is 0 Å². The molecule has 0 aliphatic rings. The fraction of sp³-hybridized carbons (Fsp3) is 0.167. The molecule has 0 saturated carbocycles. The van der Waals surface area contributed by atoms with Crippen molar-refractivity contribution in [3.63, 3.8) is 0 Å². The molecule has 0 spiro atoms. The zero-order chi connectivity index (χ0) is 17.7. The Morgan fingerprint density at radius 3 is 1.72 bits per heavy atom. The van der Waals surface area contributed by atoms with Crippen molar-refractivity contribution in [1.29, 1.82) is 0 Å². The molecule has 0 aromatic heterocycles. The Hall–Kier alpha value is -2.64. The smallest absolute Gasteiger partial charge is 0.0378 e. The minimum Gasteiger partial charge on any atom is -0.322 e. The highest BCUT2D eigenvalue weighted by Crippen LogP contribution is 2.27. The van der Waals surface area contributed by atoms with Gasteiger partial charge in [0.25, 0.3) is 0 Å². The van der Waals surface area contributed by atoms with Crippen LogP contribution in [0, 0.1) is 0 Å². The van der Waals surface area contributed by atoms with Crippen LogP contribution >= 0.6 is 0 Å². The topological polar surface area (TPSA) is 26.0 Å². The molecule has 0 bridgehead atoms. The minimum absolute atomic E-state index is 0.274. The van der Waals surface area contributed by atoms with Gasteiger partial charge >= 0.3 is 0 Å². The fourth-order valence-electron chi connectivity index (χ4n) is 2.90. The molecule has 0 fully saturated rings. The van der Waals surface area contributed by atoms with E-state index in [0.29, 0.717) is 0 Å². The van der Waals surface area contributed by atoms with Crippen LogP contribution < -0.4 is 5.73 Å². The molecule has 126 valence electrons. The lowest BCUT2D eigenvalue weighted by atomic mass is 9.89. The summed E-state index contributed by atoms with van der Waals surface area (Å²) in [5.74, 6) is 0. The number of hydrogen-bond acceptors (Lipinski definition) is 1. The molecule has 1 unspecified atom stereocenters. The van der Waals surface area contributed by atoms with Gasteiger partial charge in [-0.1, -0.05) is 91.9 Å². The molecule has 0 aliphatic carbocycles.